The SMILES string of the molecule is CC(=N)N(Cc1ccnc(/C=C2/C(=O)N3[C@@H](C(=O)OC(c4ccccc4)c4ccccc4)[C@](C)(COC(N)=O)S(=O)(=O)[C@H]23)c1)C(=O)OC(c1ccccc1)c1ccccc1. The molecule has 3 atom stereocenters. The molecule has 3 N–H and O–H groups in total. The molecule has 2 aliphatic rings. The monoisotopic (exact) mass is 827 g/mol. The number of pyridine rings is 1. The number of carbonyl (C=O) groups excluding carboxylic acids is 4. The number of aromatic nitrogens is 1. The van der Waals surface area contributed by atoms with Crippen LogP contribution >= 0.6 is 0 Å². The zero-order valence-corrected chi connectivity index (χ0v) is 33.4. The molecule has 0 bridgehead atoms. The van der Waals surface area contributed by atoms with Crippen LogP contribution in [0.15, 0.2) is 145 Å². The first kappa shape index (κ1) is 41.0. The first-order valence-corrected chi connectivity index (χ1v) is 20.4. The van der Waals surface area contributed by atoms with Crippen molar-refractivity contribution in [2.45, 2.75) is 48.8 Å². The largest absolute Gasteiger partial charge is 0.451 e. The molecular formula is C45H41N5O9S. The molecular weight excluding hydrogens is 787 g/mol. The minimum atomic E-state index is -4.52. The standard InChI is InChI=1S/C45H41N5O9S/c1-29(46)49(44(54)59-38(33-19-11-5-12-20-33)34-21-13-6-14-22-34)27-30-23-24-48-35(25-30)26-36-40(51)50-39(45(2,28-57-43(47)53)60(55,56)41(36)50)42(52)58-37(31-15-7-3-8-16-31)32-17-9-4-10-18-32/h3-26,37-39,41,46H,27-28H2,1-2H3,(H2,47,53)/b36-26-,46-29?/t39-,41+,45-/m0/s1. The highest BCUT2D eigenvalue weighted by Crippen LogP contribution is 2.50. The van der Waals surface area contributed by atoms with Crippen LogP contribution in [0.1, 0.15) is 59.6 Å². The van der Waals surface area contributed by atoms with Gasteiger partial charge in [-0.25, -0.2) is 22.8 Å². The second-order valence-electron chi connectivity index (χ2n) is 14.5. The maximum Gasteiger partial charge on any atom is 0.416 e. The fraction of sp³-hybridized carbons (Fsp3) is 0.200. The van der Waals surface area contributed by atoms with E-state index in [1.807, 2.05) is 60.7 Å². The van der Waals surface area contributed by atoms with E-state index in [0.29, 0.717) is 16.7 Å². The number of amides is 3. The minimum Gasteiger partial charge on any atom is -0.451 e. The highest BCUT2D eigenvalue weighted by Gasteiger charge is 2.73. The van der Waals surface area contributed by atoms with Crippen LogP contribution in [0.2, 0.25) is 0 Å². The van der Waals surface area contributed by atoms with Gasteiger partial charge in [0.05, 0.1) is 17.8 Å². The van der Waals surface area contributed by atoms with Crippen molar-refractivity contribution in [1.82, 2.24) is 14.8 Å². The number of nitrogens with one attached hydrogen (secondary N) is 1. The van der Waals surface area contributed by atoms with E-state index in [9.17, 15) is 27.6 Å². The van der Waals surface area contributed by atoms with Crippen molar-refractivity contribution in [2.75, 3.05) is 6.61 Å². The molecule has 0 saturated carbocycles. The molecule has 3 amide bonds. The lowest BCUT2D eigenvalue weighted by Gasteiger charge is -2.39. The Labute approximate surface area is 346 Å². The Morgan fingerprint density at radius 2 is 1.32 bits per heavy atom. The van der Waals surface area contributed by atoms with Gasteiger partial charge in [0, 0.05) is 6.20 Å². The average Bonchev–Trinajstić information content (AvgIpc) is 3.42. The molecule has 15 heteroatoms. The van der Waals surface area contributed by atoms with E-state index in [1.54, 1.807) is 72.8 Å². The topological polar surface area (TPSA) is 199 Å². The van der Waals surface area contributed by atoms with Crippen molar-refractivity contribution in [2.24, 2.45) is 5.73 Å². The summed E-state index contributed by atoms with van der Waals surface area (Å²) in [6, 6.07) is 37.5. The van der Waals surface area contributed by atoms with E-state index >= 15 is 0 Å². The number of nitrogens with zero attached hydrogens (tertiary/aromatic N) is 3. The van der Waals surface area contributed by atoms with Gasteiger partial charge in [0.1, 0.15) is 17.2 Å². The molecule has 306 valence electrons. The zero-order valence-electron chi connectivity index (χ0n) is 32.6. The molecule has 60 heavy (non-hydrogen) atoms. The predicted octanol–water partition coefficient (Wildman–Crippen LogP) is 6.34. The third-order valence-corrected chi connectivity index (χ3v) is 13.2. The van der Waals surface area contributed by atoms with Gasteiger partial charge < -0.3 is 24.8 Å². The molecule has 2 saturated heterocycles. The summed E-state index contributed by atoms with van der Waals surface area (Å²) in [4.78, 5) is 60.2. The number of nitrogens with two attached hydrogens (primary N) is 1. The zero-order chi connectivity index (χ0) is 42.6. The molecule has 1 aromatic heterocycles. The van der Waals surface area contributed by atoms with E-state index in [0.717, 1.165) is 20.9 Å². The van der Waals surface area contributed by atoms with Crippen molar-refractivity contribution in [3.63, 3.8) is 0 Å². The summed E-state index contributed by atoms with van der Waals surface area (Å²) in [5.74, 6) is -1.90. The predicted molar refractivity (Wildman–Crippen MR) is 220 cm³/mol. The molecule has 7 rings (SSSR count). The first-order valence-electron chi connectivity index (χ1n) is 18.9. The summed E-state index contributed by atoms with van der Waals surface area (Å²) >= 11 is 0. The van der Waals surface area contributed by atoms with Crippen LogP contribution in [0, 0.1) is 5.41 Å². The van der Waals surface area contributed by atoms with Crippen LogP contribution in [-0.4, -0.2) is 75.9 Å². The smallest absolute Gasteiger partial charge is 0.416 e. The number of sulfone groups is 1. The number of ether oxygens (including phenoxy) is 3. The number of benzene rings is 4. The second-order valence-corrected chi connectivity index (χ2v) is 17.0. The van der Waals surface area contributed by atoms with Crippen LogP contribution in [0.25, 0.3) is 6.08 Å². The molecule has 4 aromatic carbocycles. The van der Waals surface area contributed by atoms with Crippen LogP contribution in [0.4, 0.5) is 9.59 Å². The Hall–Kier alpha value is -7.13. The van der Waals surface area contributed by atoms with Crippen molar-refractivity contribution in [3.05, 3.63) is 179 Å². The Morgan fingerprint density at radius 3 is 1.78 bits per heavy atom. The van der Waals surface area contributed by atoms with E-state index in [2.05, 4.69) is 4.98 Å². The van der Waals surface area contributed by atoms with Gasteiger partial charge >= 0.3 is 18.2 Å². The Morgan fingerprint density at radius 1 is 0.833 bits per heavy atom. The number of β-lactam (4-membered cyclic amide) rings is 1. The lowest BCUT2D eigenvalue weighted by atomic mass is 9.93. The van der Waals surface area contributed by atoms with Gasteiger partial charge in [-0.3, -0.25) is 20.1 Å². The van der Waals surface area contributed by atoms with E-state index < -0.39 is 68.9 Å². The fourth-order valence-corrected chi connectivity index (χ4v) is 9.71. The molecule has 14 nitrogen and oxygen atoms in total. The first-order chi connectivity index (χ1) is 28.8. The fourth-order valence-electron chi connectivity index (χ4n) is 7.44. The molecule has 2 fully saturated rings. The summed E-state index contributed by atoms with van der Waals surface area (Å²) < 4.78 is 43.8. The van der Waals surface area contributed by atoms with E-state index in [1.165, 1.54) is 26.1 Å². The number of amidine groups is 1. The Bertz CT molecular complexity index is 2480. The van der Waals surface area contributed by atoms with Crippen LogP contribution in [-0.2, 0) is 40.2 Å². The highest BCUT2D eigenvalue weighted by atomic mass is 32.2. The number of rotatable bonds is 12. The molecule has 0 spiro atoms. The van der Waals surface area contributed by atoms with Crippen molar-refractivity contribution in [1.29, 1.82) is 5.41 Å². The van der Waals surface area contributed by atoms with Gasteiger partial charge in [0.25, 0.3) is 5.91 Å². The summed E-state index contributed by atoms with van der Waals surface area (Å²) in [6.07, 6.45) is -1.06. The van der Waals surface area contributed by atoms with Crippen molar-refractivity contribution >= 4 is 45.8 Å². The number of carbonyl (C=O) groups is 4. The number of hydrogen-bond donors (Lipinski definition) is 2. The highest BCUT2D eigenvalue weighted by molar-refractivity contribution is 7.94. The number of primary amides is 1. The lowest BCUT2D eigenvalue weighted by Crippen LogP contribution is -2.60. The van der Waals surface area contributed by atoms with Gasteiger partial charge in [-0.1, -0.05) is 121 Å². The molecule has 0 radical (unpaired) electrons. The molecule has 3 heterocycles. The molecule has 0 unspecified atom stereocenters. The van der Waals surface area contributed by atoms with Crippen LogP contribution in [0.3, 0.4) is 0 Å². The van der Waals surface area contributed by atoms with Crippen molar-refractivity contribution < 1.29 is 41.8 Å². The lowest BCUT2D eigenvalue weighted by molar-refractivity contribution is -0.161. The molecule has 5 aromatic rings. The maximum absolute atomic E-state index is 14.5. The summed E-state index contributed by atoms with van der Waals surface area (Å²) in [5, 5.41) is 6.82. The Balaban J connectivity index is 1.16. The second kappa shape index (κ2) is 17.0. The number of esters is 1. The van der Waals surface area contributed by atoms with E-state index in [4.69, 9.17) is 25.4 Å². The minimum absolute atomic E-state index is 0.101. The maximum atomic E-state index is 14.5. The third kappa shape index (κ3) is 7.99. The van der Waals surface area contributed by atoms with E-state index in [-0.39, 0.29) is 23.6 Å². The summed E-state index contributed by atoms with van der Waals surface area (Å²) in [5.41, 5.74) is 8.40. The molecule has 2 aliphatic heterocycles. The number of hydrogen-bond acceptors (Lipinski definition) is 11. The van der Waals surface area contributed by atoms with Gasteiger partial charge in [-0.15, -0.1) is 0 Å². The quantitative estimate of drug-likeness (QED) is 0.0357. The summed E-state index contributed by atoms with van der Waals surface area (Å²) in [7, 11) is -4.52. The third-order valence-electron chi connectivity index (χ3n) is 10.5. The molecule has 0 aliphatic carbocycles. The van der Waals surface area contributed by atoms with Crippen LogP contribution in [0.5, 0.6) is 0 Å². The average molecular weight is 828 g/mol. The van der Waals surface area contributed by atoms with Gasteiger partial charge in [-0.2, -0.15) is 0 Å². The van der Waals surface area contributed by atoms with Gasteiger partial charge in [-0.05, 0) is 59.9 Å². The number of fused-ring (bicyclic) bond motifs is 1. The Kier molecular flexibility index (Phi) is 11.6. The summed E-state index contributed by atoms with van der Waals surface area (Å²) in [6.45, 7) is 1.70. The normalized spacial score (nSPS) is 19.6. The van der Waals surface area contributed by atoms with Gasteiger partial charge in [0.2, 0.25) is 0 Å². The van der Waals surface area contributed by atoms with Crippen molar-refractivity contribution in [3.8, 4) is 0 Å². The van der Waals surface area contributed by atoms with Gasteiger partial charge in [0.15, 0.2) is 33.5 Å². The van der Waals surface area contributed by atoms with Crippen LogP contribution < -0.4 is 5.73 Å².